The quantitative estimate of drug-likeness (QED) is 0.197. The fourth-order valence-electron chi connectivity index (χ4n) is 7.93. The van der Waals surface area contributed by atoms with E-state index in [2.05, 4.69) is 15.2 Å². The van der Waals surface area contributed by atoms with E-state index in [4.69, 9.17) is 20.4 Å². The van der Waals surface area contributed by atoms with Crippen molar-refractivity contribution in [3.05, 3.63) is 84.3 Å². The zero-order chi connectivity index (χ0) is 36.4. The summed E-state index contributed by atoms with van der Waals surface area (Å²) in [4.78, 5) is 42.9. The van der Waals surface area contributed by atoms with Crippen LogP contribution in [-0.4, -0.2) is 68.2 Å². The van der Waals surface area contributed by atoms with Crippen molar-refractivity contribution < 1.29 is 18.7 Å². The molecule has 12 heteroatoms. The van der Waals surface area contributed by atoms with Gasteiger partial charge in [0.05, 0.1) is 22.5 Å². The molecule has 1 spiro atoms. The minimum absolute atomic E-state index is 0.0158. The zero-order valence-corrected chi connectivity index (χ0v) is 29.9. The largest absolute Gasteiger partial charge is 0.444 e. The Bertz CT molecular complexity index is 2200. The molecule has 1 aliphatic carbocycles. The number of alkyl carbamates (subject to hydrolysis) is 1. The number of halogens is 1. The minimum Gasteiger partial charge on any atom is -0.444 e. The lowest BCUT2D eigenvalue weighted by atomic mass is 9.72. The Balaban J connectivity index is 1.16. The average Bonchev–Trinajstić information content (AvgIpc) is 3.68. The molecule has 3 aliphatic rings. The molecule has 2 amide bonds. The summed E-state index contributed by atoms with van der Waals surface area (Å²) in [6.07, 6.45) is 4.72. The number of anilines is 2. The highest BCUT2D eigenvalue weighted by Gasteiger charge is 2.49. The number of carbonyl (C=O) groups excluding carboxylic acids is 2. The number of imidazole rings is 1. The maximum atomic E-state index is 16.5. The second kappa shape index (κ2) is 12.3. The minimum atomic E-state index is -0.603. The van der Waals surface area contributed by atoms with E-state index in [1.165, 1.54) is 0 Å². The molecule has 0 bridgehead atoms. The van der Waals surface area contributed by atoms with Crippen LogP contribution in [0, 0.1) is 11.2 Å². The molecule has 0 unspecified atom stereocenters. The van der Waals surface area contributed by atoms with E-state index in [0.29, 0.717) is 64.9 Å². The van der Waals surface area contributed by atoms with Gasteiger partial charge in [0.1, 0.15) is 16.9 Å². The monoisotopic (exact) mass is 702 g/mol. The first-order chi connectivity index (χ1) is 24.8. The van der Waals surface area contributed by atoms with E-state index in [9.17, 15) is 9.59 Å². The van der Waals surface area contributed by atoms with Gasteiger partial charge in [0, 0.05) is 56.0 Å². The Morgan fingerprint density at radius 2 is 1.67 bits per heavy atom. The van der Waals surface area contributed by atoms with Gasteiger partial charge in [-0.2, -0.15) is 0 Å². The summed E-state index contributed by atoms with van der Waals surface area (Å²) >= 11 is 0. The smallest absolute Gasteiger partial charge is 0.408 e. The van der Waals surface area contributed by atoms with Crippen LogP contribution in [0.2, 0.25) is 0 Å². The van der Waals surface area contributed by atoms with Crippen molar-refractivity contribution in [3.63, 3.8) is 0 Å². The van der Waals surface area contributed by atoms with Crippen LogP contribution < -0.4 is 16.0 Å². The topological polar surface area (TPSA) is 132 Å². The third-order valence-electron chi connectivity index (χ3n) is 10.7. The number of nitrogens with one attached hydrogen (secondary N) is 1. The number of aromatic nitrogens is 4. The van der Waals surface area contributed by atoms with E-state index < -0.39 is 17.2 Å². The van der Waals surface area contributed by atoms with Crippen molar-refractivity contribution in [3.8, 4) is 28.3 Å². The molecule has 2 saturated heterocycles. The first-order valence-electron chi connectivity index (χ1n) is 17.9. The van der Waals surface area contributed by atoms with Crippen LogP contribution in [0.4, 0.5) is 20.7 Å². The second-order valence-corrected chi connectivity index (χ2v) is 15.5. The molecule has 5 heterocycles. The predicted octanol–water partition coefficient (Wildman–Crippen LogP) is 6.83. The van der Waals surface area contributed by atoms with Gasteiger partial charge >= 0.3 is 6.09 Å². The molecule has 0 radical (unpaired) electrons. The molecule has 268 valence electrons. The molecule has 2 aliphatic heterocycles. The summed E-state index contributed by atoms with van der Waals surface area (Å²) in [7, 11) is 0. The number of pyridine rings is 2. The number of likely N-dealkylation sites (tertiary alicyclic amines) is 1. The van der Waals surface area contributed by atoms with E-state index in [-0.39, 0.29) is 17.1 Å². The second-order valence-electron chi connectivity index (χ2n) is 15.5. The molecule has 5 aromatic rings. The number of ether oxygens (including phenoxy) is 1. The van der Waals surface area contributed by atoms with Crippen molar-refractivity contribution in [2.24, 2.45) is 5.41 Å². The third kappa shape index (κ3) is 5.89. The number of amides is 2. The van der Waals surface area contributed by atoms with E-state index in [0.717, 1.165) is 43.5 Å². The average molecular weight is 703 g/mol. The molecule has 3 N–H and O–H groups in total. The van der Waals surface area contributed by atoms with Crippen molar-refractivity contribution in [1.29, 1.82) is 0 Å². The van der Waals surface area contributed by atoms with Gasteiger partial charge in [-0.05, 0) is 101 Å². The van der Waals surface area contributed by atoms with E-state index in [1.54, 1.807) is 25.3 Å². The number of benzene rings is 2. The van der Waals surface area contributed by atoms with Crippen molar-refractivity contribution in [2.75, 3.05) is 36.8 Å². The van der Waals surface area contributed by atoms with E-state index >= 15 is 4.39 Å². The van der Waals surface area contributed by atoms with Gasteiger partial charge in [0.15, 0.2) is 17.3 Å². The van der Waals surface area contributed by atoms with Crippen LogP contribution in [0.25, 0.3) is 39.5 Å². The number of fused-ring (bicyclic) bond motifs is 1. The Hall–Kier alpha value is -5.52. The highest BCUT2D eigenvalue weighted by atomic mass is 19.1. The lowest BCUT2D eigenvalue weighted by Gasteiger charge is -2.47. The lowest BCUT2D eigenvalue weighted by molar-refractivity contribution is -0.139. The van der Waals surface area contributed by atoms with Gasteiger partial charge in [0.25, 0.3) is 0 Å². The number of nitrogens with two attached hydrogens (primary N) is 1. The Morgan fingerprint density at radius 3 is 2.35 bits per heavy atom. The maximum Gasteiger partial charge on any atom is 0.408 e. The highest BCUT2D eigenvalue weighted by Crippen LogP contribution is 2.44. The molecular formula is C40H43FN8O3. The number of rotatable bonds is 6. The van der Waals surface area contributed by atoms with Crippen LogP contribution >= 0.6 is 0 Å². The summed E-state index contributed by atoms with van der Waals surface area (Å²) in [6.45, 7) is 10.0. The van der Waals surface area contributed by atoms with Gasteiger partial charge in [-0.15, -0.1) is 0 Å². The Labute approximate surface area is 302 Å². The first kappa shape index (κ1) is 33.6. The van der Waals surface area contributed by atoms with Gasteiger partial charge < -0.3 is 25.6 Å². The van der Waals surface area contributed by atoms with Crippen LogP contribution in [-0.2, 0) is 15.1 Å². The number of hydrogen-bond acceptors (Lipinski definition) is 8. The van der Waals surface area contributed by atoms with E-state index in [1.807, 2.05) is 84.8 Å². The molecule has 2 aromatic carbocycles. The van der Waals surface area contributed by atoms with Crippen LogP contribution in [0.3, 0.4) is 0 Å². The molecule has 8 rings (SSSR count). The summed E-state index contributed by atoms with van der Waals surface area (Å²) < 4.78 is 24.0. The molecule has 0 atom stereocenters. The molecular weight excluding hydrogens is 659 g/mol. The fourth-order valence-corrected chi connectivity index (χ4v) is 7.93. The molecule has 3 fully saturated rings. The molecule has 52 heavy (non-hydrogen) atoms. The molecule has 11 nitrogen and oxygen atoms in total. The predicted molar refractivity (Wildman–Crippen MR) is 198 cm³/mol. The van der Waals surface area contributed by atoms with Gasteiger partial charge in [-0.25, -0.2) is 24.1 Å². The van der Waals surface area contributed by atoms with Crippen molar-refractivity contribution in [1.82, 2.24) is 29.7 Å². The number of nitrogens with zero attached hydrogens (tertiary/aromatic N) is 6. The normalized spacial score (nSPS) is 17.6. The van der Waals surface area contributed by atoms with Gasteiger partial charge in [0.2, 0.25) is 5.91 Å². The number of carbonyl (C=O) groups is 2. The number of nitrogen functional groups attached to an aromatic ring is 1. The van der Waals surface area contributed by atoms with Crippen LogP contribution in [0.1, 0.15) is 58.9 Å². The molecule has 1 saturated carbocycles. The Kier molecular flexibility index (Phi) is 7.96. The van der Waals surface area contributed by atoms with Crippen LogP contribution in [0.5, 0.6) is 0 Å². The summed E-state index contributed by atoms with van der Waals surface area (Å²) in [5, 5.41) is 3.13. The number of hydrogen-bond donors (Lipinski definition) is 2. The standard InChI is InChI=1S/C40H43FN8O3/c1-25(50)48-23-39(24-48)19-21-47(22-39)32-10-5-8-28(33(32)41)30-15-16-31-36(44-30)49(35(45-31)29-9-6-20-43-34(29)42)27-13-11-26(12-14-27)40(17-7-18-40)46-37(51)52-38(2,3)4/h5-6,8-16,20H,7,17-19,21-24H2,1-4H3,(H2,42,43)(H,46,51). The molecule has 3 aromatic heterocycles. The zero-order valence-electron chi connectivity index (χ0n) is 29.9. The van der Waals surface area contributed by atoms with Crippen LogP contribution in [0.15, 0.2) is 72.9 Å². The SMILES string of the molecule is CC(=O)N1CC2(CCN(c3cccc(-c4ccc5nc(-c6cccnc6N)n(-c6ccc(C7(NC(=O)OC(C)(C)C)CCC7)cc6)c5n4)c3F)C2)C1. The van der Waals surface area contributed by atoms with Gasteiger partial charge in [-0.1, -0.05) is 18.2 Å². The van der Waals surface area contributed by atoms with Crippen molar-refractivity contribution in [2.45, 2.75) is 64.5 Å². The maximum absolute atomic E-state index is 16.5. The fraction of sp³-hybridized carbons (Fsp3) is 0.375. The Morgan fingerprint density at radius 1 is 0.923 bits per heavy atom. The van der Waals surface area contributed by atoms with Gasteiger partial charge in [-0.3, -0.25) is 9.36 Å². The highest BCUT2D eigenvalue weighted by molar-refractivity contribution is 5.85. The van der Waals surface area contributed by atoms with Crippen molar-refractivity contribution >= 4 is 34.7 Å². The lowest BCUT2D eigenvalue weighted by Crippen LogP contribution is -2.59. The summed E-state index contributed by atoms with van der Waals surface area (Å²) in [5.41, 5.74) is 10.2. The third-order valence-corrected chi connectivity index (χ3v) is 10.7. The summed E-state index contributed by atoms with van der Waals surface area (Å²) in [6, 6.07) is 20.8. The summed E-state index contributed by atoms with van der Waals surface area (Å²) in [5.74, 6) is 0.635. The first-order valence-corrected chi connectivity index (χ1v) is 17.9.